The number of amides is 1. The van der Waals surface area contributed by atoms with Crippen molar-refractivity contribution in [2.75, 3.05) is 0 Å². The first kappa shape index (κ1) is 13.6. The van der Waals surface area contributed by atoms with Crippen LogP contribution in [0.5, 0.6) is 11.5 Å². The van der Waals surface area contributed by atoms with Crippen LogP contribution in [0, 0.1) is 6.92 Å². The molecule has 0 atom stereocenters. The molecule has 102 valence electrons. The van der Waals surface area contributed by atoms with Gasteiger partial charge in [0.05, 0.1) is 6.21 Å². The van der Waals surface area contributed by atoms with Crippen molar-refractivity contribution < 1.29 is 15.0 Å². The van der Waals surface area contributed by atoms with E-state index in [1.807, 2.05) is 19.1 Å². The van der Waals surface area contributed by atoms with E-state index in [-0.39, 0.29) is 17.4 Å². The van der Waals surface area contributed by atoms with Crippen LogP contribution in [-0.4, -0.2) is 22.3 Å². The number of benzene rings is 2. The molecule has 2 aromatic rings. The van der Waals surface area contributed by atoms with E-state index in [9.17, 15) is 15.0 Å². The molecule has 0 saturated carbocycles. The number of carbonyl (C=O) groups is 1. The zero-order valence-corrected chi connectivity index (χ0v) is 10.9. The van der Waals surface area contributed by atoms with E-state index in [1.165, 1.54) is 18.3 Å². The van der Waals surface area contributed by atoms with Gasteiger partial charge in [0.1, 0.15) is 0 Å². The number of hydrazone groups is 1. The van der Waals surface area contributed by atoms with Gasteiger partial charge in [0.25, 0.3) is 5.91 Å². The second-order valence-corrected chi connectivity index (χ2v) is 4.26. The standard InChI is InChI=1S/C15H14N2O3/c1-10-4-2-3-5-12(10)15(20)17-16-9-11-6-7-13(18)14(19)8-11/h2-9,18-19H,1H3,(H,17,20). The van der Waals surface area contributed by atoms with Crippen molar-refractivity contribution in [1.82, 2.24) is 5.43 Å². The summed E-state index contributed by atoms with van der Waals surface area (Å²) in [5, 5.41) is 22.3. The molecule has 0 bridgehead atoms. The average Bonchev–Trinajstić information content (AvgIpc) is 2.43. The van der Waals surface area contributed by atoms with Crippen LogP contribution in [0.3, 0.4) is 0 Å². The minimum absolute atomic E-state index is 0.203. The minimum Gasteiger partial charge on any atom is -0.504 e. The van der Waals surface area contributed by atoms with Crippen molar-refractivity contribution >= 4 is 12.1 Å². The quantitative estimate of drug-likeness (QED) is 0.454. The molecule has 0 aliphatic heterocycles. The van der Waals surface area contributed by atoms with Crippen LogP contribution < -0.4 is 5.43 Å². The smallest absolute Gasteiger partial charge is 0.271 e. The summed E-state index contributed by atoms with van der Waals surface area (Å²) in [4.78, 5) is 11.9. The molecule has 0 saturated heterocycles. The molecule has 0 heterocycles. The summed E-state index contributed by atoms with van der Waals surface area (Å²) in [7, 11) is 0. The van der Waals surface area contributed by atoms with E-state index in [0.717, 1.165) is 5.56 Å². The molecule has 5 nitrogen and oxygen atoms in total. The third-order valence-electron chi connectivity index (χ3n) is 2.77. The summed E-state index contributed by atoms with van der Waals surface area (Å²) in [5.74, 6) is -0.743. The second-order valence-electron chi connectivity index (χ2n) is 4.26. The fourth-order valence-corrected chi connectivity index (χ4v) is 1.67. The molecule has 0 spiro atoms. The van der Waals surface area contributed by atoms with Gasteiger partial charge < -0.3 is 10.2 Å². The first-order valence-corrected chi connectivity index (χ1v) is 5.99. The monoisotopic (exact) mass is 270 g/mol. The second kappa shape index (κ2) is 5.88. The van der Waals surface area contributed by atoms with Crippen molar-refractivity contribution in [3.05, 3.63) is 59.2 Å². The van der Waals surface area contributed by atoms with Gasteiger partial charge in [0, 0.05) is 5.56 Å². The van der Waals surface area contributed by atoms with E-state index in [4.69, 9.17) is 0 Å². The Bertz CT molecular complexity index is 666. The number of hydrogen-bond acceptors (Lipinski definition) is 4. The van der Waals surface area contributed by atoms with Gasteiger partial charge in [-0.1, -0.05) is 18.2 Å². The zero-order chi connectivity index (χ0) is 14.5. The maximum Gasteiger partial charge on any atom is 0.271 e. The van der Waals surface area contributed by atoms with E-state index >= 15 is 0 Å². The van der Waals surface area contributed by atoms with E-state index in [0.29, 0.717) is 11.1 Å². The van der Waals surface area contributed by atoms with Crippen LogP contribution in [0.2, 0.25) is 0 Å². The molecule has 2 rings (SSSR count). The Morgan fingerprint density at radius 2 is 1.90 bits per heavy atom. The Hall–Kier alpha value is -2.82. The van der Waals surface area contributed by atoms with Crippen LogP contribution in [0.15, 0.2) is 47.6 Å². The first-order chi connectivity index (χ1) is 9.58. The van der Waals surface area contributed by atoms with Gasteiger partial charge in [-0.05, 0) is 42.3 Å². The maximum atomic E-state index is 11.9. The predicted molar refractivity (Wildman–Crippen MR) is 76.0 cm³/mol. The van der Waals surface area contributed by atoms with Crippen LogP contribution in [-0.2, 0) is 0 Å². The highest BCUT2D eigenvalue weighted by Crippen LogP contribution is 2.23. The Balaban J connectivity index is 2.05. The lowest BCUT2D eigenvalue weighted by Crippen LogP contribution is -2.18. The van der Waals surface area contributed by atoms with Gasteiger partial charge in [-0.25, -0.2) is 5.43 Å². The van der Waals surface area contributed by atoms with Crippen LogP contribution in [0.1, 0.15) is 21.5 Å². The maximum absolute atomic E-state index is 11.9. The lowest BCUT2D eigenvalue weighted by Gasteiger charge is -2.03. The molecule has 0 aromatic heterocycles. The topological polar surface area (TPSA) is 81.9 Å². The predicted octanol–water partition coefficient (Wildman–Crippen LogP) is 2.17. The van der Waals surface area contributed by atoms with Gasteiger partial charge in [-0.15, -0.1) is 0 Å². The number of hydrogen-bond donors (Lipinski definition) is 3. The lowest BCUT2D eigenvalue weighted by molar-refractivity contribution is 0.0954. The lowest BCUT2D eigenvalue weighted by atomic mass is 10.1. The van der Waals surface area contributed by atoms with Gasteiger partial charge >= 0.3 is 0 Å². The van der Waals surface area contributed by atoms with Crippen LogP contribution in [0.25, 0.3) is 0 Å². The number of rotatable bonds is 3. The highest BCUT2D eigenvalue weighted by atomic mass is 16.3. The number of phenols is 2. The highest BCUT2D eigenvalue weighted by molar-refractivity contribution is 5.96. The number of aromatic hydroxyl groups is 2. The zero-order valence-electron chi connectivity index (χ0n) is 10.9. The van der Waals surface area contributed by atoms with Crippen molar-refractivity contribution in [2.24, 2.45) is 5.10 Å². The molecular formula is C15H14N2O3. The molecule has 0 aliphatic rings. The van der Waals surface area contributed by atoms with Gasteiger partial charge in [0.15, 0.2) is 11.5 Å². The van der Waals surface area contributed by atoms with E-state index in [2.05, 4.69) is 10.5 Å². The van der Waals surface area contributed by atoms with Crippen molar-refractivity contribution in [2.45, 2.75) is 6.92 Å². The number of carbonyl (C=O) groups excluding carboxylic acids is 1. The third-order valence-corrected chi connectivity index (χ3v) is 2.77. The molecule has 0 radical (unpaired) electrons. The number of nitrogens with zero attached hydrogens (tertiary/aromatic N) is 1. The highest BCUT2D eigenvalue weighted by Gasteiger charge is 2.06. The summed E-state index contributed by atoms with van der Waals surface area (Å²) < 4.78 is 0. The molecular weight excluding hydrogens is 256 g/mol. The average molecular weight is 270 g/mol. The summed E-state index contributed by atoms with van der Waals surface area (Å²) >= 11 is 0. The summed E-state index contributed by atoms with van der Waals surface area (Å²) in [6.07, 6.45) is 1.38. The van der Waals surface area contributed by atoms with E-state index in [1.54, 1.807) is 18.2 Å². The van der Waals surface area contributed by atoms with Crippen molar-refractivity contribution in [3.63, 3.8) is 0 Å². The number of nitrogens with one attached hydrogen (secondary N) is 1. The fraction of sp³-hybridized carbons (Fsp3) is 0.0667. The molecule has 2 aromatic carbocycles. The van der Waals surface area contributed by atoms with Crippen molar-refractivity contribution in [1.29, 1.82) is 0 Å². The van der Waals surface area contributed by atoms with E-state index < -0.39 is 0 Å². The van der Waals surface area contributed by atoms with Gasteiger partial charge in [-0.2, -0.15) is 5.10 Å². The Morgan fingerprint density at radius 3 is 2.60 bits per heavy atom. The minimum atomic E-state index is -0.303. The molecule has 0 aliphatic carbocycles. The summed E-state index contributed by atoms with van der Waals surface area (Å²) in [6.45, 7) is 1.84. The Labute approximate surface area is 116 Å². The first-order valence-electron chi connectivity index (χ1n) is 5.99. The Morgan fingerprint density at radius 1 is 1.15 bits per heavy atom. The van der Waals surface area contributed by atoms with Crippen molar-refractivity contribution in [3.8, 4) is 11.5 Å². The molecule has 5 heteroatoms. The SMILES string of the molecule is Cc1ccccc1C(=O)NN=Cc1ccc(O)c(O)c1. The van der Waals surface area contributed by atoms with Crippen LogP contribution >= 0.6 is 0 Å². The Kier molecular flexibility index (Phi) is 4.00. The van der Waals surface area contributed by atoms with Crippen LogP contribution in [0.4, 0.5) is 0 Å². The molecule has 0 fully saturated rings. The van der Waals surface area contributed by atoms with Gasteiger partial charge in [-0.3, -0.25) is 4.79 Å². The summed E-state index contributed by atoms with van der Waals surface area (Å²) in [5.41, 5.74) is 4.39. The molecule has 20 heavy (non-hydrogen) atoms. The van der Waals surface area contributed by atoms with Gasteiger partial charge in [0.2, 0.25) is 0 Å². The normalized spacial score (nSPS) is 10.7. The number of phenolic OH excluding ortho intramolecular Hbond substituents is 2. The molecule has 1 amide bonds. The number of aryl methyl sites for hydroxylation is 1. The largest absolute Gasteiger partial charge is 0.504 e. The molecule has 0 unspecified atom stereocenters. The fourth-order valence-electron chi connectivity index (χ4n) is 1.67. The summed E-state index contributed by atoms with van der Waals surface area (Å²) in [6, 6.07) is 11.5. The molecule has 3 N–H and O–H groups in total. The third kappa shape index (κ3) is 3.14.